The van der Waals surface area contributed by atoms with Gasteiger partial charge in [0.2, 0.25) is 0 Å². The van der Waals surface area contributed by atoms with E-state index in [1.165, 1.54) is 18.2 Å². The number of phenols is 2. The van der Waals surface area contributed by atoms with E-state index in [0.29, 0.717) is 18.5 Å². The number of phenolic OH excluding ortho intramolecular Hbond substituents is 2. The molecule has 0 heterocycles. The molecule has 126 valence electrons. The summed E-state index contributed by atoms with van der Waals surface area (Å²) >= 11 is 0. The average Bonchev–Trinajstić information content (AvgIpc) is 2.52. The molecule has 8 heteroatoms. The Morgan fingerprint density at radius 2 is 1.59 bits per heavy atom. The van der Waals surface area contributed by atoms with Crippen molar-refractivity contribution in [2.24, 2.45) is 0 Å². The maximum atomic E-state index is 9.67. The Bertz CT molecular complexity index is 457. The molecule has 0 aromatic heterocycles. The van der Waals surface area contributed by atoms with E-state index in [4.69, 9.17) is 5.11 Å². The van der Waals surface area contributed by atoms with Crippen LogP contribution in [0.4, 0.5) is 0 Å². The second-order valence-electron chi connectivity index (χ2n) is 5.07. The Hall–Kier alpha value is -1.42. The third-order valence-electron chi connectivity index (χ3n) is 3.31. The molecular formula is C14H23NO7. The lowest BCUT2D eigenvalue weighted by molar-refractivity contribution is -0.113. The van der Waals surface area contributed by atoms with E-state index in [2.05, 4.69) is 5.32 Å². The smallest absolute Gasteiger partial charge is 0.119 e. The molecule has 1 aromatic carbocycles. The average molecular weight is 317 g/mol. The molecule has 0 fully saturated rings. The first kappa shape index (κ1) is 18.6. The Labute approximate surface area is 127 Å². The van der Waals surface area contributed by atoms with Gasteiger partial charge in [-0.2, -0.15) is 0 Å². The van der Waals surface area contributed by atoms with Crippen molar-refractivity contribution in [3.8, 4) is 11.5 Å². The van der Waals surface area contributed by atoms with Crippen LogP contribution in [0.15, 0.2) is 18.2 Å². The van der Waals surface area contributed by atoms with Gasteiger partial charge in [-0.3, -0.25) is 0 Å². The van der Waals surface area contributed by atoms with E-state index in [0.717, 1.165) is 0 Å². The fourth-order valence-electron chi connectivity index (χ4n) is 1.93. The zero-order chi connectivity index (χ0) is 16.7. The van der Waals surface area contributed by atoms with E-state index < -0.39 is 31.0 Å². The fourth-order valence-corrected chi connectivity index (χ4v) is 1.93. The van der Waals surface area contributed by atoms with Gasteiger partial charge < -0.3 is 41.1 Å². The summed E-state index contributed by atoms with van der Waals surface area (Å²) in [5.41, 5.74) is 0.526. The SMILES string of the molecule is OC[C@@H](O)[C@@H](O)[C@H](O)[C@@H](O)CNCCc1cc(O)ccc1O. The van der Waals surface area contributed by atoms with Crippen LogP contribution in [-0.4, -0.2) is 79.9 Å². The van der Waals surface area contributed by atoms with Crippen molar-refractivity contribution in [3.63, 3.8) is 0 Å². The van der Waals surface area contributed by atoms with Gasteiger partial charge in [-0.1, -0.05) is 0 Å². The number of nitrogens with one attached hydrogen (secondary N) is 1. The highest BCUT2D eigenvalue weighted by Crippen LogP contribution is 2.22. The van der Waals surface area contributed by atoms with Crippen LogP contribution < -0.4 is 5.32 Å². The van der Waals surface area contributed by atoms with Crippen LogP contribution in [0.3, 0.4) is 0 Å². The van der Waals surface area contributed by atoms with Gasteiger partial charge in [0, 0.05) is 6.54 Å². The predicted molar refractivity (Wildman–Crippen MR) is 77.5 cm³/mol. The molecule has 0 aliphatic rings. The third kappa shape index (κ3) is 5.41. The number of hydrogen-bond donors (Lipinski definition) is 8. The summed E-state index contributed by atoms with van der Waals surface area (Å²) in [4.78, 5) is 0. The molecule has 0 saturated carbocycles. The Balaban J connectivity index is 2.36. The van der Waals surface area contributed by atoms with E-state index >= 15 is 0 Å². The topological polar surface area (TPSA) is 154 Å². The van der Waals surface area contributed by atoms with Crippen molar-refractivity contribution in [1.29, 1.82) is 0 Å². The van der Waals surface area contributed by atoms with E-state index in [1.54, 1.807) is 0 Å². The van der Waals surface area contributed by atoms with Crippen LogP contribution in [-0.2, 0) is 6.42 Å². The van der Waals surface area contributed by atoms with Gasteiger partial charge in [0.25, 0.3) is 0 Å². The Morgan fingerprint density at radius 1 is 0.955 bits per heavy atom. The molecular weight excluding hydrogens is 294 g/mol. The molecule has 0 spiro atoms. The predicted octanol–water partition coefficient (Wildman–Crippen LogP) is -2.33. The summed E-state index contributed by atoms with van der Waals surface area (Å²) in [6, 6.07) is 4.15. The second kappa shape index (κ2) is 8.89. The van der Waals surface area contributed by atoms with Crippen molar-refractivity contribution in [3.05, 3.63) is 23.8 Å². The molecule has 0 amide bonds. The van der Waals surface area contributed by atoms with Crippen LogP contribution >= 0.6 is 0 Å². The molecule has 4 atom stereocenters. The Kier molecular flexibility index (Phi) is 7.52. The number of aliphatic hydroxyl groups is 5. The molecule has 22 heavy (non-hydrogen) atoms. The molecule has 1 aromatic rings. The van der Waals surface area contributed by atoms with Gasteiger partial charge in [-0.25, -0.2) is 0 Å². The molecule has 0 unspecified atom stereocenters. The lowest BCUT2D eigenvalue weighted by atomic mass is 10.0. The number of hydrogen-bond acceptors (Lipinski definition) is 8. The monoisotopic (exact) mass is 317 g/mol. The highest BCUT2D eigenvalue weighted by Gasteiger charge is 2.29. The molecule has 0 saturated heterocycles. The van der Waals surface area contributed by atoms with Gasteiger partial charge >= 0.3 is 0 Å². The first-order chi connectivity index (χ1) is 10.4. The summed E-state index contributed by atoms with van der Waals surface area (Å²) in [6.07, 6.45) is -5.76. The van der Waals surface area contributed by atoms with E-state index in [9.17, 15) is 30.6 Å². The summed E-state index contributed by atoms with van der Waals surface area (Å²) in [5.74, 6) is 0.0750. The zero-order valence-corrected chi connectivity index (χ0v) is 12.0. The maximum absolute atomic E-state index is 9.67. The minimum absolute atomic E-state index is 0.0318. The van der Waals surface area contributed by atoms with Crippen LogP contribution in [0.1, 0.15) is 5.56 Å². The molecule has 0 aliphatic heterocycles. The molecule has 0 aliphatic carbocycles. The van der Waals surface area contributed by atoms with Crippen molar-refractivity contribution in [2.75, 3.05) is 19.7 Å². The fraction of sp³-hybridized carbons (Fsp3) is 0.571. The van der Waals surface area contributed by atoms with Crippen molar-refractivity contribution in [1.82, 2.24) is 5.32 Å². The molecule has 0 bridgehead atoms. The van der Waals surface area contributed by atoms with Gasteiger partial charge in [-0.05, 0) is 36.7 Å². The Morgan fingerprint density at radius 3 is 2.23 bits per heavy atom. The van der Waals surface area contributed by atoms with Crippen LogP contribution in [0, 0.1) is 0 Å². The lowest BCUT2D eigenvalue weighted by Gasteiger charge is -2.25. The normalized spacial score (nSPS) is 17.0. The largest absolute Gasteiger partial charge is 0.508 e. The van der Waals surface area contributed by atoms with Crippen molar-refractivity contribution < 1.29 is 35.7 Å². The third-order valence-corrected chi connectivity index (χ3v) is 3.31. The highest BCUT2D eigenvalue weighted by atomic mass is 16.4. The first-order valence-electron chi connectivity index (χ1n) is 6.91. The second-order valence-corrected chi connectivity index (χ2v) is 5.07. The lowest BCUT2D eigenvalue weighted by Crippen LogP contribution is -2.49. The molecule has 0 radical (unpaired) electrons. The van der Waals surface area contributed by atoms with Gasteiger partial charge in [0.05, 0.1) is 12.7 Å². The standard InChI is InChI=1S/C14H23NO7/c16-7-12(20)14(22)13(21)11(19)6-15-4-3-8-5-9(17)1-2-10(8)18/h1-2,5,11-22H,3-4,6-7H2/t11-,12+,13+,14+/m0/s1. The summed E-state index contributed by atoms with van der Waals surface area (Å²) in [7, 11) is 0. The highest BCUT2D eigenvalue weighted by molar-refractivity contribution is 5.38. The van der Waals surface area contributed by atoms with Crippen molar-refractivity contribution >= 4 is 0 Å². The minimum atomic E-state index is -1.66. The number of aromatic hydroxyl groups is 2. The minimum Gasteiger partial charge on any atom is -0.508 e. The van der Waals surface area contributed by atoms with Crippen LogP contribution in [0.5, 0.6) is 11.5 Å². The van der Waals surface area contributed by atoms with E-state index in [-0.39, 0.29) is 18.0 Å². The number of rotatable bonds is 9. The van der Waals surface area contributed by atoms with Crippen LogP contribution in [0.2, 0.25) is 0 Å². The molecule has 8 nitrogen and oxygen atoms in total. The maximum Gasteiger partial charge on any atom is 0.119 e. The number of benzene rings is 1. The van der Waals surface area contributed by atoms with E-state index in [1.807, 2.05) is 0 Å². The number of aliphatic hydroxyl groups excluding tert-OH is 5. The molecule has 1 rings (SSSR count). The van der Waals surface area contributed by atoms with Gasteiger partial charge in [-0.15, -0.1) is 0 Å². The zero-order valence-electron chi connectivity index (χ0n) is 12.0. The van der Waals surface area contributed by atoms with Gasteiger partial charge in [0.1, 0.15) is 29.8 Å². The quantitative estimate of drug-likeness (QED) is 0.186. The van der Waals surface area contributed by atoms with Crippen LogP contribution in [0.25, 0.3) is 0 Å². The summed E-state index contributed by atoms with van der Waals surface area (Å²) in [5, 5.41) is 68.3. The van der Waals surface area contributed by atoms with Crippen molar-refractivity contribution in [2.45, 2.75) is 30.8 Å². The van der Waals surface area contributed by atoms with Gasteiger partial charge in [0.15, 0.2) is 0 Å². The summed E-state index contributed by atoms with van der Waals surface area (Å²) < 4.78 is 0. The summed E-state index contributed by atoms with van der Waals surface area (Å²) in [6.45, 7) is -0.440. The molecule has 8 N–H and O–H groups in total. The first-order valence-corrected chi connectivity index (χ1v) is 6.91.